The third-order valence-electron chi connectivity index (χ3n) is 4.52. The standard InChI is InChI=1S/C19H23N5O2.HI/c1-20-19(23(3)13-14-7-6-11-22(14)2)21-10-12-24-17(25)15-8-4-5-9-16(15)18(24)26;/h4-9,11H,10,12-13H2,1-3H3,(H,20,21);1H. The molecule has 2 aromatic rings. The van der Waals surface area contributed by atoms with E-state index in [9.17, 15) is 9.59 Å². The van der Waals surface area contributed by atoms with Crippen molar-refractivity contribution in [3.8, 4) is 0 Å². The number of imide groups is 1. The van der Waals surface area contributed by atoms with E-state index in [4.69, 9.17) is 0 Å². The van der Waals surface area contributed by atoms with Crippen molar-refractivity contribution in [2.75, 3.05) is 27.2 Å². The van der Waals surface area contributed by atoms with E-state index in [-0.39, 0.29) is 35.8 Å². The van der Waals surface area contributed by atoms with Gasteiger partial charge in [-0.2, -0.15) is 0 Å². The molecule has 1 aromatic heterocycles. The summed E-state index contributed by atoms with van der Waals surface area (Å²) in [6.45, 7) is 1.44. The van der Waals surface area contributed by atoms with Crippen LogP contribution in [0.15, 0.2) is 47.6 Å². The SMILES string of the molecule is CN=C(NCCN1C(=O)c2ccccc2C1=O)N(C)Cc1cccn1C.I. The Balaban J connectivity index is 0.00000261. The smallest absolute Gasteiger partial charge is 0.261 e. The average molecular weight is 481 g/mol. The number of nitrogens with zero attached hydrogens (tertiary/aromatic N) is 4. The highest BCUT2D eigenvalue weighted by atomic mass is 127. The number of aryl methyl sites for hydroxylation is 1. The van der Waals surface area contributed by atoms with Crippen LogP contribution in [0.25, 0.3) is 0 Å². The Morgan fingerprint density at radius 2 is 1.74 bits per heavy atom. The summed E-state index contributed by atoms with van der Waals surface area (Å²) in [5.74, 6) is 0.238. The summed E-state index contributed by atoms with van der Waals surface area (Å²) in [7, 11) is 5.66. The molecule has 0 aliphatic carbocycles. The van der Waals surface area contributed by atoms with Gasteiger partial charge in [-0.15, -0.1) is 24.0 Å². The molecule has 1 aromatic carbocycles. The Kier molecular flexibility index (Phi) is 7.00. The number of aromatic nitrogens is 1. The molecule has 1 aliphatic rings. The number of fused-ring (bicyclic) bond motifs is 1. The number of nitrogens with one attached hydrogen (secondary N) is 1. The highest BCUT2D eigenvalue weighted by Crippen LogP contribution is 2.21. The number of benzene rings is 1. The molecule has 0 radical (unpaired) electrons. The second-order valence-electron chi connectivity index (χ2n) is 6.25. The van der Waals surface area contributed by atoms with E-state index in [0.29, 0.717) is 36.7 Å². The van der Waals surface area contributed by atoms with Crippen molar-refractivity contribution in [2.24, 2.45) is 12.0 Å². The van der Waals surface area contributed by atoms with Gasteiger partial charge in [0, 0.05) is 46.1 Å². The van der Waals surface area contributed by atoms with Crippen LogP contribution in [0.4, 0.5) is 0 Å². The molecule has 7 nitrogen and oxygen atoms in total. The highest BCUT2D eigenvalue weighted by Gasteiger charge is 2.34. The van der Waals surface area contributed by atoms with E-state index in [1.165, 1.54) is 4.90 Å². The van der Waals surface area contributed by atoms with Crippen LogP contribution < -0.4 is 5.32 Å². The zero-order valence-electron chi connectivity index (χ0n) is 15.7. The van der Waals surface area contributed by atoms with Crippen molar-refractivity contribution in [1.29, 1.82) is 0 Å². The fraction of sp³-hybridized carbons (Fsp3) is 0.316. The van der Waals surface area contributed by atoms with Crippen molar-refractivity contribution >= 4 is 41.8 Å². The highest BCUT2D eigenvalue weighted by molar-refractivity contribution is 14.0. The summed E-state index contributed by atoms with van der Waals surface area (Å²) < 4.78 is 2.06. The van der Waals surface area contributed by atoms with Gasteiger partial charge in [0.2, 0.25) is 0 Å². The van der Waals surface area contributed by atoms with Crippen molar-refractivity contribution in [1.82, 2.24) is 19.7 Å². The van der Waals surface area contributed by atoms with Gasteiger partial charge in [-0.1, -0.05) is 12.1 Å². The molecule has 144 valence electrons. The van der Waals surface area contributed by atoms with Gasteiger partial charge >= 0.3 is 0 Å². The van der Waals surface area contributed by atoms with Crippen LogP contribution in [-0.4, -0.2) is 59.3 Å². The van der Waals surface area contributed by atoms with Crippen LogP contribution in [0, 0.1) is 0 Å². The van der Waals surface area contributed by atoms with Crippen LogP contribution in [0.1, 0.15) is 26.4 Å². The first-order valence-corrected chi connectivity index (χ1v) is 8.50. The Morgan fingerprint density at radius 1 is 1.11 bits per heavy atom. The number of rotatable bonds is 5. The van der Waals surface area contributed by atoms with Crippen LogP contribution in [0.5, 0.6) is 0 Å². The minimum absolute atomic E-state index is 0. The molecule has 8 heteroatoms. The molecule has 27 heavy (non-hydrogen) atoms. The van der Waals surface area contributed by atoms with Crippen LogP contribution in [-0.2, 0) is 13.6 Å². The van der Waals surface area contributed by atoms with E-state index in [1.807, 2.05) is 31.3 Å². The topological polar surface area (TPSA) is 69.9 Å². The zero-order valence-corrected chi connectivity index (χ0v) is 18.0. The van der Waals surface area contributed by atoms with E-state index in [1.54, 1.807) is 31.3 Å². The van der Waals surface area contributed by atoms with E-state index in [0.717, 1.165) is 5.69 Å². The molecule has 0 bridgehead atoms. The lowest BCUT2D eigenvalue weighted by Gasteiger charge is -2.23. The van der Waals surface area contributed by atoms with Crippen molar-refractivity contribution in [2.45, 2.75) is 6.54 Å². The maximum absolute atomic E-state index is 12.4. The predicted molar refractivity (Wildman–Crippen MR) is 115 cm³/mol. The lowest BCUT2D eigenvalue weighted by Crippen LogP contribution is -2.43. The lowest BCUT2D eigenvalue weighted by molar-refractivity contribution is 0.0657. The van der Waals surface area contributed by atoms with Gasteiger partial charge < -0.3 is 14.8 Å². The van der Waals surface area contributed by atoms with Gasteiger partial charge in [-0.3, -0.25) is 19.5 Å². The fourth-order valence-corrected chi connectivity index (χ4v) is 3.09. The number of halogens is 1. The molecule has 0 saturated carbocycles. The van der Waals surface area contributed by atoms with Gasteiger partial charge in [-0.05, 0) is 24.3 Å². The second-order valence-corrected chi connectivity index (χ2v) is 6.25. The Morgan fingerprint density at radius 3 is 2.26 bits per heavy atom. The molecular formula is C19H24IN5O2. The number of hydrogen-bond acceptors (Lipinski definition) is 3. The number of amides is 2. The molecule has 0 unspecified atom stereocenters. The molecular weight excluding hydrogens is 457 g/mol. The summed E-state index contributed by atoms with van der Waals surface area (Å²) in [6, 6.07) is 11.0. The van der Waals surface area contributed by atoms with Gasteiger partial charge in [-0.25, -0.2) is 0 Å². The number of aliphatic imine (C=N–C) groups is 1. The van der Waals surface area contributed by atoms with Gasteiger partial charge in [0.05, 0.1) is 17.7 Å². The Hall–Kier alpha value is -2.36. The van der Waals surface area contributed by atoms with Crippen molar-refractivity contribution in [3.63, 3.8) is 0 Å². The van der Waals surface area contributed by atoms with Gasteiger partial charge in [0.1, 0.15) is 0 Å². The average Bonchev–Trinajstić information content (AvgIpc) is 3.15. The Bertz CT molecular complexity index is 826. The third-order valence-corrected chi connectivity index (χ3v) is 4.52. The number of carbonyl (C=O) groups is 2. The Labute approximate surface area is 176 Å². The molecule has 0 atom stereocenters. The van der Waals surface area contributed by atoms with E-state index < -0.39 is 0 Å². The maximum atomic E-state index is 12.4. The molecule has 0 fully saturated rings. The maximum Gasteiger partial charge on any atom is 0.261 e. The van der Waals surface area contributed by atoms with E-state index in [2.05, 4.69) is 20.9 Å². The molecule has 1 N–H and O–H groups in total. The van der Waals surface area contributed by atoms with Crippen molar-refractivity contribution < 1.29 is 9.59 Å². The van der Waals surface area contributed by atoms with E-state index >= 15 is 0 Å². The quantitative estimate of drug-likeness (QED) is 0.307. The zero-order chi connectivity index (χ0) is 18.7. The monoisotopic (exact) mass is 481 g/mol. The number of guanidine groups is 1. The first-order valence-electron chi connectivity index (χ1n) is 8.50. The van der Waals surface area contributed by atoms with Gasteiger partial charge in [0.15, 0.2) is 5.96 Å². The van der Waals surface area contributed by atoms with Crippen LogP contribution in [0.3, 0.4) is 0 Å². The lowest BCUT2D eigenvalue weighted by atomic mass is 10.1. The summed E-state index contributed by atoms with van der Waals surface area (Å²) in [5, 5.41) is 3.22. The summed E-state index contributed by atoms with van der Waals surface area (Å²) in [4.78, 5) is 32.3. The largest absolute Gasteiger partial charge is 0.354 e. The molecule has 0 saturated heterocycles. The summed E-state index contributed by atoms with van der Waals surface area (Å²) in [6.07, 6.45) is 2.00. The van der Waals surface area contributed by atoms with Crippen LogP contribution >= 0.6 is 24.0 Å². The van der Waals surface area contributed by atoms with Crippen LogP contribution in [0.2, 0.25) is 0 Å². The summed E-state index contributed by atoms with van der Waals surface area (Å²) in [5.41, 5.74) is 2.11. The number of carbonyl (C=O) groups excluding carboxylic acids is 2. The fourth-order valence-electron chi connectivity index (χ4n) is 3.09. The number of hydrogen-bond donors (Lipinski definition) is 1. The minimum atomic E-state index is -0.237. The molecule has 0 spiro atoms. The summed E-state index contributed by atoms with van der Waals surface area (Å²) >= 11 is 0. The normalized spacial score (nSPS) is 13.4. The van der Waals surface area contributed by atoms with Gasteiger partial charge in [0.25, 0.3) is 11.8 Å². The predicted octanol–water partition coefficient (Wildman–Crippen LogP) is 1.95. The molecule has 2 heterocycles. The van der Waals surface area contributed by atoms with Crippen molar-refractivity contribution in [3.05, 3.63) is 59.4 Å². The first-order chi connectivity index (χ1) is 12.5. The first kappa shape index (κ1) is 20.9. The third kappa shape index (κ3) is 4.32. The second kappa shape index (κ2) is 9.03. The molecule has 1 aliphatic heterocycles. The molecule has 2 amide bonds. The molecule has 3 rings (SSSR count). The minimum Gasteiger partial charge on any atom is -0.354 e.